The minimum absolute atomic E-state index is 0.161. The Hall–Kier alpha value is -3.65. The molecule has 1 saturated heterocycles. The van der Waals surface area contributed by atoms with Gasteiger partial charge in [0.2, 0.25) is 11.9 Å². The number of ether oxygens (including phenoxy) is 2. The van der Waals surface area contributed by atoms with Gasteiger partial charge in [-0.2, -0.15) is 0 Å². The number of aromatic amines is 1. The zero-order valence-electron chi connectivity index (χ0n) is 19.6. The number of nitrogens with one attached hydrogen (secondary N) is 2. The van der Waals surface area contributed by atoms with Gasteiger partial charge in [0.05, 0.1) is 18.9 Å². The van der Waals surface area contributed by atoms with Gasteiger partial charge in [0.1, 0.15) is 12.4 Å². The number of rotatable bonds is 8. The predicted octanol–water partition coefficient (Wildman–Crippen LogP) is 3.37. The van der Waals surface area contributed by atoms with Gasteiger partial charge in [-0.15, -0.1) is 0 Å². The standard InChI is InChI=1S/C26H30N4O4/c1-18-8-10-22(23(16-18)34-17-20-6-4-3-5-7-20)28-24(31)11-9-21-19(2)27-26(29-25(21)32)30-12-14-33-15-13-30/h3-8,10,16H,9,11-15,17H2,1-2H3,(H,28,31)(H,27,29,32). The zero-order chi connectivity index (χ0) is 23.9. The number of benzene rings is 2. The monoisotopic (exact) mass is 462 g/mol. The van der Waals surface area contributed by atoms with E-state index >= 15 is 0 Å². The van der Waals surface area contributed by atoms with Crippen LogP contribution in [0.15, 0.2) is 53.3 Å². The Labute approximate surface area is 198 Å². The number of carbonyl (C=O) groups is 1. The molecule has 2 heterocycles. The van der Waals surface area contributed by atoms with Crippen LogP contribution in [0.3, 0.4) is 0 Å². The third kappa shape index (κ3) is 6.02. The fourth-order valence-corrected chi connectivity index (χ4v) is 3.85. The summed E-state index contributed by atoms with van der Waals surface area (Å²) in [6.45, 7) is 6.79. The molecule has 1 aromatic heterocycles. The third-order valence-corrected chi connectivity index (χ3v) is 5.77. The second kappa shape index (κ2) is 11.0. The SMILES string of the molecule is Cc1ccc(NC(=O)CCc2c(C)nc(N3CCOCC3)[nH]c2=O)c(OCc2ccccc2)c1. The van der Waals surface area contributed by atoms with Gasteiger partial charge in [-0.05, 0) is 43.5 Å². The molecule has 1 amide bonds. The van der Waals surface area contributed by atoms with Crippen molar-refractivity contribution in [3.8, 4) is 5.75 Å². The van der Waals surface area contributed by atoms with Gasteiger partial charge in [-0.3, -0.25) is 14.6 Å². The number of anilines is 2. The third-order valence-electron chi connectivity index (χ3n) is 5.77. The molecule has 0 unspecified atom stereocenters. The number of nitrogens with zero attached hydrogens (tertiary/aromatic N) is 2. The first kappa shape index (κ1) is 23.5. The molecule has 2 N–H and O–H groups in total. The van der Waals surface area contributed by atoms with Gasteiger partial charge in [-0.25, -0.2) is 4.98 Å². The fourth-order valence-electron chi connectivity index (χ4n) is 3.85. The molecule has 178 valence electrons. The highest BCUT2D eigenvalue weighted by molar-refractivity contribution is 5.92. The van der Waals surface area contributed by atoms with Crippen LogP contribution in [0.4, 0.5) is 11.6 Å². The summed E-state index contributed by atoms with van der Waals surface area (Å²) >= 11 is 0. The van der Waals surface area contributed by atoms with Crippen LogP contribution in [0.5, 0.6) is 5.75 Å². The van der Waals surface area contributed by atoms with E-state index in [0.29, 0.717) is 68.0 Å². The molecule has 2 aromatic carbocycles. The summed E-state index contributed by atoms with van der Waals surface area (Å²) in [5.74, 6) is 0.978. The van der Waals surface area contributed by atoms with Crippen LogP contribution in [0.2, 0.25) is 0 Å². The van der Waals surface area contributed by atoms with Crippen molar-refractivity contribution in [3.63, 3.8) is 0 Å². The highest BCUT2D eigenvalue weighted by Gasteiger charge is 2.17. The number of amides is 1. The normalized spacial score (nSPS) is 13.5. The highest BCUT2D eigenvalue weighted by atomic mass is 16.5. The Morgan fingerprint density at radius 2 is 1.91 bits per heavy atom. The van der Waals surface area contributed by atoms with Gasteiger partial charge in [0.25, 0.3) is 5.56 Å². The quantitative estimate of drug-likeness (QED) is 0.533. The molecule has 1 aliphatic heterocycles. The topological polar surface area (TPSA) is 96.5 Å². The highest BCUT2D eigenvalue weighted by Crippen LogP contribution is 2.27. The van der Waals surface area contributed by atoms with Crippen molar-refractivity contribution < 1.29 is 14.3 Å². The summed E-state index contributed by atoms with van der Waals surface area (Å²) in [6, 6.07) is 15.5. The minimum Gasteiger partial charge on any atom is -0.487 e. The summed E-state index contributed by atoms with van der Waals surface area (Å²) in [5.41, 5.74) is 3.65. The molecule has 0 bridgehead atoms. The van der Waals surface area contributed by atoms with Crippen LogP contribution in [-0.4, -0.2) is 42.2 Å². The maximum absolute atomic E-state index is 12.7. The maximum atomic E-state index is 12.7. The number of hydrogen-bond donors (Lipinski definition) is 2. The minimum atomic E-state index is -0.205. The van der Waals surface area contributed by atoms with Gasteiger partial charge < -0.3 is 19.7 Å². The first-order valence-electron chi connectivity index (χ1n) is 11.5. The van der Waals surface area contributed by atoms with E-state index in [1.807, 2.05) is 67.3 Å². The summed E-state index contributed by atoms with van der Waals surface area (Å²) in [6.07, 6.45) is 0.462. The van der Waals surface area contributed by atoms with Crippen LogP contribution in [0, 0.1) is 13.8 Å². The second-order valence-electron chi connectivity index (χ2n) is 8.37. The molecule has 8 nitrogen and oxygen atoms in total. The molecule has 0 atom stereocenters. The molecular formula is C26H30N4O4. The van der Waals surface area contributed by atoms with E-state index < -0.39 is 0 Å². The number of carbonyl (C=O) groups excluding carboxylic acids is 1. The van der Waals surface area contributed by atoms with Gasteiger partial charge in [0.15, 0.2) is 0 Å². The lowest BCUT2D eigenvalue weighted by Gasteiger charge is -2.27. The van der Waals surface area contributed by atoms with E-state index in [9.17, 15) is 9.59 Å². The number of morpholine rings is 1. The van der Waals surface area contributed by atoms with E-state index in [1.54, 1.807) is 0 Å². The number of aromatic nitrogens is 2. The Bertz CT molecular complexity index is 1190. The summed E-state index contributed by atoms with van der Waals surface area (Å²) < 4.78 is 11.3. The lowest BCUT2D eigenvalue weighted by molar-refractivity contribution is -0.116. The van der Waals surface area contributed by atoms with Crippen molar-refractivity contribution in [1.29, 1.82) is 0 Å². The van der Waals surface area contributed by atoms with Crippen molar-refractivity contribution in [2.24, 2.45) is 0 Å². The maximum Gasteiger partial charge on any atom is 0.255 e. The Morgan fingerprint density at radius 1 is 1.15 bits per heavy atom. The van der Waals surface area contributed by atoms with Crippen molar-refractivity contribution in [1.82, 2.24) is 9.97 Å². The largest absolute Gasteiger partial charge is 0.487 e. The van der Waals surface area contributed by atoms with Crippen molar-refractivity contribution in [2.45, 2.75) is 33.3 Å². The number of hydrogen-bond acceptors (Lipinski definition) is 6. The van der Waals surface area contributed by atoms with E-state index in [0.717, 1.165) is 11.1 Å². The second-order valence-corrected chi connectivity index (χ2v) is 8.37. The number of H-pyrrole nitrogens is 1. The van der Waals surface area contributed by atoms with Crippen LogP contribution in [0.1, 0.15) is 28.8 Å². The molecule has 4 rings (SSSR count). The molecule has 8 heteroatoms. The average molecular weight is 463 g/mol. The molecule has 3 aromatic rings. The van der Waals surface area contributed by atoms with Crippen LogP contribution < -0.4 is 20.5 Å². The molecule has 0 spiro atoms. The fraction of sp³-hybridized carbons (Fsp3) is 0.346. The van der Waals surface area contributed by atoms with Crippen LogP contribution in [-0.2, 0) is 22.6 Å². The molecular weight excluding hydrogens is 432 g/mol. The van der Waals surface area contributed by atoms with E-state index in [1.165, 1.54) is 0 Å². The number of aryl methyl sites for hydroxylation is 2. The lowest BCUT2D eigenvalue weighted by atomic mass is 10.1. The average Bonchev–Trinajstić information content (AvgIpc) is 2.84. The molecule has 0 aliphatic carbocycles. The first-order valence-corrected chi connectivity index (χ1v) is 11.5. The van der Waals surface area contributed by atoms with E-state index in [-0.39, 0.29) is 17.9 Å². The summed E-state index contributed by atoms with van der Waals surface area (Å²) in [7, 11) is 0. The van der Waals surface area contributed by atoms with Crippen molar-refractivity contribution in [3.05, 3.63) is 81.3 Å². The molecule has 34 heavy (non-hydrogen) atoms. The summed E-state index contributed by atoms with van der Waals surface area (Å²) in [4.78, 5) is 34.8. The molecule has 1 aliphatic rings. The first-order chi connectivity index (χ1) is 16.5. The van der Waals surface area contributed by atoms with E-state index in [2.05, 4.69) is 15.3 Å². The van der Waals surface area contributed by atoms with Crippen LogP contribution >= 0.6 is 0 Å². The predicted molar refractivity (Wildman–Crippen MR) is 132 cm³/mol. The Balaban J connectivity index is 1.39. The zero-order valence-corrected chi connectivity index (χ0v) is 19.6. The van der Waals surface area contributed by atoms with E-state index in [4.69, 9.17) is 9.47 Å². The molecule has 0 radical (unpaired) electrons. The summed E-state index contributed by atoms with van der Waals surface area (Å²) in [5, 5.41) is 2.93. The lowest BCUT2D eigenvalue weighted by Crippen LogP contribution is -2.38. The Kier molecular flexibility index (Phi) is 7.59. The Morgan fingerprint density at radius 3 is 2.65 bits per heavy atom. The van der Waals surface area contributed by atoms with Gasteiger partial charge in [0, 0.05) is 30.8 Å². The smallest absolute Gasteiger partial charge is 0.255 e. The van der Waals surface area contributed by atoms with Crippen LogP contribution in [0.25, 0.3) is 0 Å². The molecule has 1 fully saturated rings. The van der Waals surface area contributed by atoms with Gasteiger partial charge >= 0.3 is 0 Å². The van der Waals surface area contributed by atoms with Crippen molar-refractivity contribution in [2.75, 3.05) is 36.5 Å². The van der Waals surface area contributed by atoms with Crippen molar-refractivity contribution >= 4 is 17.5 Å². The van der Waals surface area contributed by atoms with Gasteiger partial charge in [-0.1, -0.05) is 36.4 Å². The molecule has 0 saturated carbocycles.